The normalized spacial score (nSPS) is 24.7. The second-order valence-corrected chi connectivity index (χ2v) is 7.00. The van der Waals surface area contributed by atoms with Crippen LogP contribution in [0.2, 0.25) is 0 Å². The van der Waals surface area contributed by atoms with Crippen LogP contribution < -0.4 is 5.73 Å². The number of nitrogen functional groups attached to an aromatic ring is 1. The molecule has 0 spiro atoms. The van der Waals surface area contributed by atoms with Gasteiger partial charge in [-0.15, -0.1) is 0 Å². The van der Waals surface area contributed by atoms with Crippen LogP contribution in [0.3, 0.4) is 0 Å². The van der Waals surface area contributed by atoms with Crippen molar-refractivity contribution in [1.82, 2.24) is 0 Å². The maximum absolute atomic E-state index is 10.7. The zero-order chi connectivity index (χ0) is 15.6. The molecule has 0 aliphatic heterocycles. The lowest BCUT2D eigenvalue weighted by molar-refractivity contribution is -0.383. The van der Waals surface area contributed by atoms with E-state index >= 15 is 0 Å². The van der Waals surface area contributed by atoms with Gasteiger partial charge in [0.25, 0.3) is 5.69 Å². The van der Waals surface area contributed by atoms with Gasteiger partial charge in [0, 0.05) is 6.07 Å². The Morgan fingerprint density at radius 3 is 2.71 bits per heavy atom. The summed E-state index contributed by atoms with van der Waals surface area (Å²) < 4.78 is 6.00. The number of rotatable bonds is 4. The molecule has 2 unspecified atom stereocenters. The van der Waals surface area contributed by atoms with Gasteiger partial charge in [0.1, 0.15) is 5.69 Å². The quantitative estimate of drug-likeness (QED) is 0.518. The van der Waals surface area contributed by atoms with Gasteiger partial charge in [-0.1, -0.05) is 20.8 Å². The largest absolute Gasteiger partial charge is 0.393 e. The van der Waals surface area contributed by atoms with E-state index in [4.69, 9.17) is 10.5 Å². The molecule has 2 rings (SSSR count). The highest BCUT2D eigenvalue weighted by molar-refractivity contribution is 5.59. The lowest BCUT2D eigenvalue weighted by Crippen LogP contribution is -2.32. The lowest BCUT2D eigenvalue weighted by Gasteiger charge is -2.38. The Kier molecular flexibility index (Phi) is 4.52. The third-order valence-electron chi connectivity index (χ3n) is 4.12. The van der Waals surface area contributed by atoms with Crippen molar-refractivity contribution in [1.29, 1.82) is 0 Å². The molecule has 5 nitrogen and oxygen atoms in total. The molecule has 5 heteroatoms. The molecule has 1 aromatic carbocycles. The zero-order valence-corrected chi connectivity index (χ0v) is 13.0. The summed E-state index contributed by atoms with van der Waals surface area (Å²) in [4.78, 5) is 10.3. The highest BCUT2D eigenvalue weighted by Gasteiger charge is 2.32. The van der Waals surface area contributed by atoms with Gasteiger partial charge in [0.05, 0.1) is 17.6 Å². The van der Waals surface area contributed by atoms with E-state index in [2.05, 4.69) is 20.8 Å². The number of hydrogen-bond acceptors (Lipinski definition) is 4. The van der Waals surface area contributed by atoms with Crippen LogP contribution in [0, 0.1) is 21.4 Å². The minimum absolute atomic E-state index is 0.0498. The molecule has 0 saturated heterocycles. The number of ether oxygens (including phenoxy) is 1. The fraction of sp³-hybridized carbons (Fsp3) is 0.625. The van der Waals surface area contributed by atoms with E-state index in [1.54, 1.807) is 12.1 Å². The molecular formula is C16H24N2O3. The Bertz CT molecular complexity index is 528. The third-order valence-corrected chi connectivity index (χ3v) is 4.12. The number of benzene rings is 1. The molecule has 1 aromatic rings. The summed E-state index contributed by atoms with van der Waals surface area (Å²) in [6.07, 6.45) is 3.61. The summed E-state index contributed by atoms with van der Waals surface area (Å²) in [5.41, 5.74) is 7.04. The van der Waals surface area contributed by atoms with E-state index in [9.17, 15) is 10.1 Å². The lowest BCUT2D eigenvalue weighted by atomic mass is 9.71. The Labute approximate surface area is 125 Å². The van der Waals surface area contributed by atoms with Crippen molar-refractivity contribution < 1.29 is 9.66 Å². The standard InChI is InChI=1S/C16H24N2O3/c1-11-6-13(9-16(2,3)8-11)21-10-12-4-5-15(18(19)20)14(17)7-12/h4-5,7,11,13H,6,8-10,17H2,1-3H3. The summed E-state index contributed by atoms with van der Waals surface area (Å²) in [5, 5.41) is 10.7. The van der Waals surface area contributed by atoms with Crippen LogP contribution >= 0.6 is 0 Å². The summed E-state index contributed by atoms with van der Waals surface area (Å²) in [6, 6.07) is 4.79. The van der Waals surface area contributed by atoms with Crippen LogP contribution in [0.1, 0.15) is 45.6 Å². The molecular weight excluding hydrogens is 268 g/mol. The van der Waals surface area contributed by atoms with E-state index in [1.807, 2.05) is 0 Å². The molecule has 116 valence electrons. The molecule has 0 radical (unpaired) electrons. The van der Waals surface area contributed by atoms with E-state index in [0.717, 1.165) is 18.4 Å². The molecule has 1 saturated carbocycles. The average Bonchev–Trinajstić information content (AvgIpc) is 2.33. The van der Waals surface area contributed by atoms with Crippen molar-refractivity contribution in [3.8, 4) is 0 Å². The summed E-state index contributed by atoms with van der Waals surface area (Å²) in [5.74, 6) is 0.667. The van der Waals surface area contributed by atoms with Gasteiger partial charge in [-0.2, -0.15) is 0 Å². The SMILES string of the molecule is CC1CC(OCc2ccc([N+](=O)[O-])c(N)c2)CC(C)(C)C1. The maximum Gasteiger partial charge on any atom is 0.292 e. The van der Waals surface area contributed by atoms with Crippen LogP contribution in [0.4, 0.5) is 11.4 Å². The first kappa shape index (κ1) is 15.8. The molecule has 0 heterocycles. The van der Waals surface area contributed by atoms with Gasteiger partial charge in [-0.05, 0) is 48.3 Å². The molecule has 0 bridgehead atoms. The first-order valence-corrected chi connectivity index (χ1v) is 7.41. The van der Waals surface area contributed by atoms with E-state index in [1.165, 1.54) is 12.5 Å². The summed E-state index contributed by atoms with van der Waals surface area (Å²) in [6.45, 7) is 7.28. The number of hydrogen-bond donors (Lipinski definition) is 1. The van der Waals surface area contributed by atoms with Crippen LogP contribution in [-0.4, -0.2) is 11.0 Å². The zero-order valence-electron chi connectivity index (χ0n) is 13.0. The van der Waals surface area contributed by atoms with Crippen molar-refractivity contribution in [3.63, 3.8) is 0 Å². The van der Waals surface area contributed by atoms with Gasteiger partial charge in [0.2, 0.25) is 0 Å². The van der Waals surface area contributed by atoms with Gasteiger partial charge < -0.3 is 10.5 Å². The second kappa shape index (κ2) is 6.02. The number of nitro groups is 1. The minimum atomic E-state index is -0.467. The number of nitrogens with zero attached hydrogens (tertiary/aromatic N) is 1. The van der Waals surface area contributed by atoms with Crippen molar-refractivity contribution in [3.05, 3.63) is 33.9 Å². The number of anilines is 1. The molecule has 2 N–H and O–H groups in total. The first-order chi connectivity index (χ1) is 9.77. The highest BCUT2D eigenvalue weighted by Crippen LogP contribution is 2.40. The molecule has 1 aliphatic carbocycles. The Balaban J connectivity index is 1.97. The Morgan fingerprint density at radius 1 is 1.43 bits per heavy atom. The number of nitro benzene ring substituents is 1. The van der Waals surface area contributed by atoms with Gasteiger partial charge in [-0.25, -0.2) is 0 Å². The Hall–Kier alpha value is -1.62. The predicted octanol–water partition coefficient (Wildman–Crippen LogP) is 3.91. The van der Waals surface area contributed by atoms with Crippen molar-refractivity contribution in [2.24, 2.45) is 11.3 Å². The fourth-order valence-electron chi connectivity index (χ4n) is 3.46. The first-order valence-electron chi connectivity index (χ1n) is 7.41. The minimum Gasteiger partial charge on any atom is -0.393 e. The molecule has 21 heavy (non-hydrogen) atoms. The molecule has 1 aliphatic rings. The topological polar surface area (TPSA) is 78.4 Å². The monoisotopic (exact) mass is 292 g/mol. The van der Waals surface area contributed by atoms with Crippen molar-refractivity contribution in [2.45, 2.75) is 52.7 Å². The van der Waals surface area contributed by atoms with Crippen LogP contribution in [0.15, 0.2) is 18.2 Å². The van der Waals surface area contributed by atoms with Crippen LogP contribution in [0.25, 0.3) is 0 Å². The van der Waals surface area contributed by atoms with Crippen LogP contribution in [0.5, 0.6) is 0 Å². The second-order valence-electron chi connectivity index (χ2n) is 7.00. The predicted molar refractivity (Wildman–Crippen MR) is 82.9 cm³/mol. The highest BCUT2D eigenvalue weighted by atomic mass is 16.6. The maximum atomic E-state index is 10.7. The number of nitrogens with two attached hydrogens (primary N) is 1. The van der Waals surface area contributed by atoms with Crippen molar-refractivity contribution in [2.75, 3.05) is 5.73 Å². The third kappa shape index (κ3) is 4.17. The smallest absolute Gasteiger partial charge is 0.292 e. The summed E-state index contributed by atoms with van der Waals surface area (Å²) in [7, 11) is 0. The van der Waals surface area contributed by atoms with E-state index in [0.29, 0.717) is 17.9 Å². The molecule has 0 amide bonds. The van der Waals surface area contributed by atoms with E-state index in [-0.39, 0.29) is 17.5 Å². The van der Waals surface area contributed by atoms with Gasteiger partial charge in [0.15, 0.2) is 0 Å². The van der Waals surface area contributed by atoms with Crippen molar-refractivity contribution >= 4 is 11.4 Å². The molecule has 1 fully saturated rings. The molecule has 2 atom stereocenters. The Morgan fingerprint density at radius 2 is 2.14 bits per heavy atom. The molecule has 0 aromatic heterocycles. The van der Waals surface area contributed by atoms with Crippen LogP contribution in [-0.2, 0) is 11.3 Å². The van der Waals surface area contributed by atoms with E-state index < -0.39 is 4.92 Å². The van der Waals surface area contributed by atoms with Gasteiger partial charge >= 0.3 is 0 Å². The summed E-state index contributed by atoms with van der Waals surface area (Å²) >= 11 is 0. The van der Waals surface area contributed by atoms with Gasteiger partial charge in [-0.3, -0.25) is 10.1 Å². The average molecular weight is 292 g/mol. The fourth-order valence-corrected chi connectivity index (χ4v) is 3.46.